The van der Waals surface area contributed by atoms with Crippen molar-refractivity contribution >= 4 is 0 Å². The number of nitriles is 1. The van der Waals surface area contributed by atoms with E-state index in [0.717, 1.165) is 44.9 Å². The molecule has 0 amide bonds. The van der Waals surface area contributed by atoms with E-state index in [9.17, 15) is 13.2 Å². The van der Waals surface area contributed by atoms with Crippen LogP contribution in [-0.2, 0) is 12.7 Å². The molecule has 0 N–H and O–H groups in total. The standard InChI is InChI=1S/C23H22F3N5O2/c24-23(25,26)19-5-2-4-18(14-19)22-28-21(33-29-22)16-31-9-7-30(8-10-31)11-12-32-20-6-1-3-17(13-20)15-27/h1-6,13-14H,7-12,16H2. The maximum Gasteiger partial charge on any atom is 0.416 e. The van der Waals surface area contributed by atoms with Crippen molar-refractivity contribution in [2.24, 2.45) is 0 Å². The Balaban J connectivity index is 1.24. The van der Waals surface area contributed by atoms with Gasteiger partial charge in [0.25, 0.3) is 0 Å². The van der Waals surface area contributed by atoms with Gasteiger partial charge in [-0.1, -0.05) is 23.4 Å². The molecule has 7 nitrogen and oxygen atoms in total. The van der Waals surface area contributed by atoms with E-state index < -0.39 is 11.7 Å². The molecule has 4 rings (SSSR count). The molecule has 3 aromatic rings. The van der Waals surface area contributed by atoms with Gasteiger partial charge in [0.05, 0.1) is 23.7 Å². The van der Waals surface area contributed by atoms with Crippen molar-refractivity contribution in [1.82, 2.24) is 19.9 Å². The molecular formula is C23H22F3N5O2. The first-order valence-corrected chi connectivity index (χ1v) is 10.5. The number of piperazine rings is 1. The van der Waals surface area contributed by atoms with Gasteiger partial charge >= 0.3 is 6.18 Å². The van der Waals surface area contributed by atoms with Crippen molar-refractivity contribution in [2.45, 2.75) is 12.7 Å². The predicted molar refractivity (Wildman–Crippen MR) is 113 cm³/mol. The SMILES string of the molecule is N#Cc1cccc(OCCN2CCN(Cc3nc(-c4cccc(C(F)(F)F)c4)no3)CC2)c1. The maximum absolute atomic E-state index is 12.9. The number of ether oxygens (including phenoxy) is 1. The summed E-state index contributed by atoms with van der Waals surface area (Å²) in [5.41, 5.74) is 0.0903. The Kier molecular flexibility index (Phi) is 6.91. The van der Waals surface area contributed by atoms with Crippen LogP contribution < -0.4 is 4.74 Å². The molecule has 0 aliphatic carbocycles. The number of benzene rings is 2. The summed E-state index contributed by atoms with van der Waals surface area (Å²) < 4.78 is 49.8. The number of nitrogens with zero attached hydrogens (tertiary/aromatic N) is 5. The normalized spacial score (nSPS) is 15.3. The van der Waals surface area contributed by atoms with Gasteiger partial charge in [-0.3, -0.25) is 9.80 Å². The molecule has 1 saturated heterocycles. The number of hydrogen-bond donors (Lipinski definition) is 0. The zero-order valence-electron chi connectivity index (χ0n) is 17.8. The number of alkyl halides is 3. The molecule has 172 valence electrons. The maximum atomic E-state index is 12.9. The van der Waals surface area contributed by atoms with Gasteiger partial charge in [0, 0.05) is 38.3 Å². The molecule has 1 fully saturated rings. The second-order valence-corrected chi connectivity index (χ2v) is 7.70. The Morgan fingerprint density at radius 2 is 1.79 bits per heavy atom. The fourth-order valence-corrected chi connectivity index (χ4v) is 3.58. The number of rotatable bonds is 7. The zero-order chi connectivity index (χ0) is 23.3. The molecular weight excluding hydrogens is 435 g/mol. The predicted octanol–water partition coefficient (Wildman–Crippen LogP) is 3.82. The van der Waals surface area contributed by atoms with E-state index in [2.05, 4.69) is 26.0 Å². The van der Waals surface area contributed by atoms with Crippen molar-refractivity contribution in [2.75, 3.05) is 39.3 Å². The summed E-state index contributed by atoms with van der Waals surface area (Å²) >= 11 is 0. The van der Waals surface area contributed by atoms with Crippen LogP contribution >= 0.6 is 0 Å². The average Bonchev–Trinajstić information content (AvgIpc) is 3.28. The fourth-order valence-electron chi connectivity index (χ4n) is 3.58. The highest BCUT2D eigenvalue weighted by Crippen LogP contribution is 2.31. The molecule has 1 aliphatic heterocycles. The van der Waals surface area contributed by atoms with Gasteiger partial charge < -0.3 is 9.26 Å². The Hall–Kier alpha value is -3.42. The van der Waals surface area contributed by atoms with Gasteiger partial charge in [0.1, 0.15) is 12.4 Å². The summed E-state index contributed by atoms with van der Waals surface area (Å²) in [6.45, 7) is 5.02. The van der Waals surface area contributed by atoms with E-state index in [1.54, 1.807) is 18.2 Å². The van der Waals surface area contributed by atoms with Crippen molar-refractivity contribution in [3.63, 3.8) is 0 Å². The molecule has 1 aliphatic rings. The molecule has 2 heterocycles. The molecule has 1 aromatic heterocycles. The van der Waals surface area contributed by atoms with Crippen LogP contribution in [0.5, 0.6) is 5.75 Å². The van der Waals surface area contributed by atoms with E-state index >= 15 is 0 Å². The summed E-state index contributed by atoms with van der Waals surface area (Å²) in [5, 5.41) is 12.8. The summed E-state index contributed by atoms with van der Waals surface area (Å²) in [5.74, 6) is 1.20. The third-order valence-electron chi connectivity index (χ3n) is 5.38. The summed E-state index contributed by atoms with van der Waals surface area (Å²) in [6.07, 6.45) is -4.42. The lowest BCUT2D eigenvalue weighted by Gasteiger charge is -2.33. The molecule has 0 bridgehead atoms. The Labute approximate surface area is 189 Å². The van der Waals surface area contributed by atoms with Gasteiger partial charge in [0.15, 0.2) is 0 Å². The van der Waals surface area contributed by atoms with Gasteiger partial charge in [-0.15, -0.1) is 0 Å². The highest BCUT2D eigenvalue weighted by molar-refractivity contribution is 5.55. The van der Waals surface area contributed by atoms with Gasteiger partial charge in [-0.2, -0.15) is 23.4 Å². The largest absolute Gasteiger partial charge is 0.492 e. The molecule has 10 heteroatoms. The third kappa shape index (κ3) is 6.09. The van der Waals surface area contributed by atoms with Crippen molar-refractivity contribution < 1.29 is 22.4 Å². The Morgan fingerprint density at radius 1 is 1.03 bits per heavy atom. The Morgan fingerprint density at radius 3 is 2.55 bits per heavy atom. The second-order valence-electron chi connectivity index (χ2n) is 7.70. The minimum atomic E-state index is -4.42. The lowest BCUT2D eigenvalue weighted by Crippen LogP contribution is -2.47. The van der Waals surface area contributed by atoms with Crippen LogP contribution in [-0.4, -0.2) is 59.3 Å². The third-order valence-corrected chi connectivity index (χ3v) is 5.38. The van der Waals surface area contributed by atoms with Crippen molar-refractivity contribution in [3.05, 3.63) is 65.5 Å². The zero-order valence-corrected chi connectivity index (χ0v) is 17.8. The minimum Gasteiger partial charge on any atom is -0.492 e. The molecule has 2 aromatic carbocycles. The molecule has 0 spiro atoms. The van der Waals surface area contributed by atoms with E-state index in [0.29, 0.717) is 30.4 Å². The smallest absolute Gasteiger partial charge is 0.416 e. The highest BCUT2D eigenvalue weighted by atomic mass is 19.4. The van der Waals surface area contributed by atoms with Crippen LogP contribution in [0.4, 0.5) is 13.2 Å². The first-order chi connectivity index (χ1) is 15.9. The van der Waals surface area contributed by atoms with Crippen molar-refractivity contribution in [3.8, 4) is 23.2 Å². The first kappa shape index (κ1) is 22.8. The monoisotopic (exact) mass is 457 g/mol. The summed E-state index contributed by atoms with van der Waals surface area (Å²) in [6, 6.07) is 14.1. The molecule has 33 heavy (non-hydrogen) atoms. The van der Waals surface area contributed by atoms with Gasteiger partial charge in [0.2, 0.25) is 11.7 Å². The lowest BCUT2D eigenvalue weighted by molar-refractivity contribution is -0.137. The number of hydrogen-bond acceptors (Lipinski definition) is 7. The summed E-state index contributed by atoms with van der Waals surface area (Å²) in [7, 11) is 0. The van der Waals surface area contributed by atoms with E-state index in [1.165, 1.54) is 12.1 Å². The molecule has 0 atom stereocenters. The van der Waals surface area contributed by atoms with Crippen molar-refractivity contribution in [1.29, 1.82) is 5.26 Å². The minimum absolute atomic E-state index is 0.146. The summed E-state index contributed by atoms with van der Waals surface area (Å²) in [4.78, 5) is 8.72. The van der Waals surface area contributed by atoms with E-state index in [-0.39, 0.29) is 11.4 Å². The average molecular weight is 457 g/mol. The van der Waals surface area contributed by atoms with Crippen LogP contribution in [0.2, 0.25) is 0 Å². The van der Waals surface area contributed by atoms with E-state index in [4.69, 9.17) is 14.5 Å². The fraction of sp³-hybridized carbons (Fsp3) is 0.348. The topological polar surface area (TPSA) is 78.4 Å². The van der Waals surface area contributed by atoms with Crippen LogP contribution in [0.15, 0.2) is 53.1 Å². The van der Waals surface area contributed by atoms with Gasteiger partial charge in [-0.25, -0.2) is 0 Å². The van der Waals surface area contributed by atoms with Crippen LogP contribution in [0.3, 0.4) is 0 Å². The lowest BCUT2D eigenvalue weighted by atomic mass is 10.1. The first-order valence-electron chi connectivity index (χ1n) is 10.5. The Bertz CT molecular complexity index is 1120. The van der Waals surface area contributed by atoms with Crippen LogP contribution in [0.25, 0.3) is 11.4 Å². The molecule has 0 radical (unpaired) electrons. The van der Waals surface area contributed by atoms with E-state index in [1.807, 2.05) is 6.07 Å². The molecule has 0 saturated carbocycles. The molecule has 0 unspecified atom stereocenters. The quantitative estimate of drug-likeness (QED) is 0.534. The van der Waals surface area contributed by atoms with Crippen LogP contribution in [0.1, 0.15) is 17.0 Å². The second kappa shape index (κ2) is 10.0. The van der Waals surface area contributed by atoms with Gasteiger partial charge in [-0.05, 0) is 30.3 Å². The van der Waals surface area contributed by atoms with Crippen LogP contribution in [0, 0.1) is 11.3 Å². The highest BCUT2D eigenvalue weighted by Gasteiger charge is 2.31. The number of aromatic nitrogens is 2. The number of halogens is 3.